The van der Waals surface area contributed by atoms with Crippen LogP contribution in [0.1, 0.15) is 189 Å². The molecule has 0 bridgehead atoms. The normalized spacial score (nSPS) is 15.1. The number of nitrogens with two attached hydrogens (primary N) is 8. The summed E-state index contributed by atoms with van der Waals surface area (Å²) in [6.07, 6.45) is -1.70. The average Bonchev–Trinajstić information content (AvgIpc) is 0.804. The standard InChI is InChI=1S/C24H26F6N4O2.C22H26Cl2N4O2.C22H22F6N4O2.C20H22Cl2N4O2/c25-23(26,27)17-8-15(9-18(11-17)24(28,29)30)12-33-22(32)34-19-7-6-16(21(31)35)10-20(19)36-13-14-4-2-1-3-5-14;23-17-8-6-15(10-18(17)24)12-27-22(26)28-19-9-7-16(21(25)29)11-20(19)30-13-14-4-2-1-3-5-14;23-21(24,25)15-6-13(7-16(9-15)22(26,27)28)10-31-20(30)32-17-5-4-14(19(29)33)8-18(17)34-11-12-2-1-3-12;21-15-6-4-13(8-16(15)22)10-25-20(24)26-17-7-5-14(19(23)27)9-18(17)28-11-12-2-1-3-12/h6-11,14H,1-5,12-13H2,(H2,31,35)(H3,32,33,34);6-11,14H,1-5,12-13H2,(H2,25,29)(H3,26,27,28);4-9,12H,1-3,10-11H2,(H2,29,33)(H3,30,31,32);4-9,12H,1-3,10-11H2,(H2,23,27)(H3,24,25,26). The highest BCUT2D eigenvalue weighted by atomic mass is 35.5. The van der Waals surface area contributed by atoms with E-state index in [0.717, 1.165) is 81.8 Å². The molecule has 0 spiro atoms. The fraction of sp³-hybridized carbons (Fsp3) is 0.364. The smallest absolute Gasteiger partial charge is 0.416 e. The molecule has 24 nitrogen and oxygen atoms in total. The zero-order valence-electron chi connectivity index (χ0n) is 68.9. The van der Waals surface area contributed by atoms with Gasteiger partial charge in [-0.2, -0.15) is 52.7 Å². The van der Waals surface area contributed by atoms with Crippen molar-refractivity contribution in [3.8, 4) is 23.0 Å². The van der Waals surface area contributed by atoms with Crippen LogP contribution in [-0.4, -0.2) is 73.9 Å². The lowest BCUT2D eigenvalue weighted by molar-refractivity contribution is -0.144. The van der Waals surface area contributed by atoms with Gasteiger partial charge in [-0.05, 0) is 231 Å². The number of primary amides is 4. The van der Waals surface area contributed by atoms with Gasteiger partial charge >= 0.3 is 24.7 Å². The van der Waals surface area contributed by atoms with Crippen molar-refractivity contribution in [3.05, 3.63) is 232 Å². The quantitative estimate of drug-likeness (QED) is 0.0123. The molecule has 20 N–H and O–H groups in total. The minimum absolute atomic E-state index is 0.0425. The lowest BCUT2D eigenvalue weighted by Crippen LogP contribution is -2.24. The largest absolute Gasteiger partial charge is 0.491 e. The van der Waals surface area contributed by atoms with Crippen LogP contribution in [0, 0.1) is 23.7 Å². The minimum Gasteiger partial charge on any atom is -0.491 e. The van der Waals surface area contributed by atoms with E-state index in [1.807, 2.05) is 12.1 Å². The number of amides is 4. The molecule has 4 aliphatic rings. The maximum absolute atomic E-state index is 13.1. The second-order valence-corrected chi connectivity index (χ2v) is 32.4. The highest BCUT2D eigenvalue weighted by molar-refractivity contribution is 6.42. The lowest BCUT2D eigenvalue weighted by Gasteiger charge is -2.25. The maximum atomic E-state index is 13.1. The van der Waals surface area contributed by atoms with Gasteiger partial charge in [0.2, 0.25) is 23.6 Å². The third kappa shape index (κ3) is 31.9. The fourth-order valence-electron chi connectivity index (χ4n) is 13.4. The van der Waals surface area contributed by atoms with Gasteiger partial charge < -0.3 is 86.1 Å². The van der Waals surface area contributed by atoms with Gasteiger partial charge in [0.05, 0.1) is 118 Å². The monoisotopic (exact) mass is 1870 g/mol. The summed E-state index contributed by atoms with van der Waals surface area (Å²) in [4.78, 5) is 62.5. The van der Waals surface area contributed by atoms with Crippen LogP contribution in [0.2, 0.25) is 20.1 Å². The SMILES string of the molecule is NC(=O)c1ccc(NC(N)=NCc2cc(C(F)(F)F)cc(C(F)(F)F)c2)c(OCC2CCC2)c1.NC(=O)c1ccc(NC(N)=NCc2cc(C(F)(F)F)cc(C(F)(F)F)c2)c(OCC2CCCCC2)c1.NC(=O)c1ccc(NC(N)=NCc2ccc(Cl)c(Cl)c2)c(OCC2CCC2)c1.NC(=O)c1ccc(NC(N)=NCc2ccc(Cl)c(Cl)c2)c(OCC2CCCCC2)c1. The Kier molecular flexibility index (Phi) is 36.2. The van der Waals surface area contributed by atoms with E-state index in [1.165, 1.54) is 68.5 Å². The fourth-order valence-corrected chi connectivity index (χ4v) is 14.0. The topological polar surface area (TPSA) is 411 Å². The van der Waals surface area contributed by atoms with Crippen molar-refractivity contribution in [2.75, 3.05) is 47.7 Å². The number of anilines is 4. The molecule has 0 unspecified atom stereocenters. The molecule has 0 aliphatic heterocycles. The molecule has 40 heteroatoms. The predicted octanol–water partition coefficient (Wildman–Crippen LogP) is 19.8. The molecule has 0 atom stereocenters. The molecule has 4 saturated carbocycles. The molecule has 688 valence electrons. The number of benzene rings is 8. The van der Waals surface area contributed by atoms with Gasteiger partial charge in [0, 0.05) is 22.3 Å². The van der Waals surface area contributed by atoms with Gasteiger partial charge in [0.1, 0.15) is 23.0 Å². The van der Waals surface area contributed by atoms with Crippen LogP contribution in [0.3, 0.4) is 0 Å². The van der Waals surface area contributed by atoms with Gasteiger partial charge in [0.15, 0.2) is 23.8 Å². The Balaban J connectivity index is 0.000000193. The first-order valence-corrected chi connectivity index (χ1v) is 42.0. The molecule has 4 fully saturated rings. The van der Waals surface area contributed by atoms with Crippen molar-refractivity contribution in [3.63, 3.8) is 0 Å². The molecule has 4 aliphatic carbocycles. The van der Waals surface area contributed by atoms with Crippen molar-refractivity contribution in [2.24, 2.45) is 89.5 Å². The molecule has 0 radical (unpaired) electrons. The number of hydrogen-bond donors (Lipinski definition) is 12. The number of carbonyl (C=O) groups excluding carboxylic acids is 4. The first-order valence-electron chi connectivity index (χ1n) is 40.5. The molecular weight excluding hydrogens is 1780 g/mol. The Morgan fingerprint density at radius 2 is 0.516 bits per heavy atom. The highest BCUT2D eigenvalue weighted by Gasteiger charge is 2.39. The number of nitrogens with one attached hydrogen (secondary N) is 4. The van der Waals surface area contributed by atoms with E-state index in [-0.39, 0.29) is 69.7 Å². The number of rotatable bonds is 28. The van der Waals surface area contributed by atoms with E-state index in [2.05, 4.69) is 41.2 Å². The Labute approximate surface area is 749 Å². The van der Waals surface area contributed by atoms with Gasteiger partial charge in [0.25, 0.3) is 0 Å². The molecule has 128 heavy (non-hydrogen) atoms. The molecule has 0 aromatic heterocycles. The number of ether oxygens (including phenoxy) is 4. The minimum atomic E-state index is -4.96. The number of carbonyl (C=O) groups is 4. The van der Waals surface area contributed by atoms with Gasteiger partial charge in [-0.25, -0.2) is 20.0 Å². The Morgan fingerprint density at radius 1 is 0.289 bits per heavy atom. The van der Waals surface area contributed by atoms with Gasteiger partial charge in [-0.1, -0.05) is 110 Å². The number of guanidine groups is 4. The van der Waals surface area contributed by atoms with E-state index in [9.17, 15) is 71.9 Å². The van der Waals surface area contributed by atoms with Crippen LogP contribution < -0.4 is 86.1 Å². The summed E-state index contributed by atoms with van der Waals surface area (Å²) in [7, 11) is 0. The number of hydrogen-bond acceptors (Lipinski definition) is 12. The Hall–Kier alpha value is -11.8. The van der Waals surface area contributed by atoms with Gasteiger partial charge in [-0.3, -0.25) is 19.2 Å². The lowest BCUT2D eigenvalue weighted by atomic mass is 9.86. The second kappa shape index (κ2) is 46.3. The summed E-state index contributed by atoms with van der Waals surface area (Å²) in [6, 6.07) is 31.6. The van der Waals surface area contributed by atoms with Crippen molar-refractivity contribution >= 4 is 117 Å². The van der Waals surface area contributed by atoms with Crippen LogP contribution in [0.5, 0.6) is 23.0 Å². The third-order valence-corrected chi connectivity index (χ3v) is 22.4. The van der Waals surface area contributed by atoms with E-state index in [4.69, 9.17) is 111 Å². The number of halogens is 16. The molecular formula is C88H96Cl4F12N16O8. The molecule has 4 amide bonds. The summed E-state index contributed by atoms with van der Waals surface area (Å²) in [5.41, 5.74) is 43.6. The average molecular weight is 1880 g/mol. The third-order valence-electron chi connectivity index (χ3n) is 20.9. The summed E-state index contributed by atoms with van der Waals surface area (Å²) in [5, 5.41) is 13.4. The molecule has 12 rings (SSSR count). The van der Waals surface area contributed by atoms with E-state index in [0.29, 0.717) is 153 Å². The van der Waals surface area contributed by atoms with Crippen molar-refractivity contribution < 1.29 is 90.8 Å². The summed E-state index contributed by atoms with van der Waals surface area (Å²) in [5.74, 6) is 0.903. The maximum Gasteiger partial charge on any atom is 0.416 e. The number of aliphatic imine (C=N–C) groups is 4. The summed E-state index contributed by atoms with van der Waals surface area (Å²) >= 11 is 23.9. The molecule has 0 heterocycles. The first-order chi connectivity index (χ1) is 60.5. The first kappa shape index (κ1) is 100. The van der Waals surface area contributed by atoms with Crippen molar-refractivity contribution in [1.29, 1.82) is 0 Å². The Morgan fingerprint density at radius 3 is 0.719 bits per heavy atom. The predicted molar refractivity (Wildman–Crippen MR) is 471 cm³/mol. The summed E-state index contributed by atoms with van der Waals surface area (Å²) in [6.45, 7) is 1.60. The summed E-state index contributed by atoms with van der Waals surface area (Å²) < 4.78 is 180. The van der Waals surface area contributed by atoms with E-state index in [1.54, 1.807) is 60.7 Å². The zero-order chi connectivity index (χ0) is 93.2. The van der Waals surface area contributed by atoms with E-state index < -0.39 is 83.7 Å². The molecule has 8 aromatic rings. The van der Waals surface area contributed by atoms with Crippen LogP contribution >= 0.6 is 46.4 Å². The zero-order valence-corrected chi connectivity index (χ0v) is 71.9. The van der Waals surface area contributed by atoms with Crippen LogP contribution in [-0.2, 0) is 50.9 Å². The second-order valence-electron chi connectivity index (χ2n) is 30.8. The van der Waals surface area contributed by atoms with Crippen molar-refractivity contribution in [1.82, 2.24) is 0 Å². The highest BCUT2D eigenvalue weighted by Crippen LogP contribution is 2.41. The number of alkyl halides is 12. The van der Waals surface area contributed by atoms with Gasteiger partial charge in [-0.15, -0.1) is 0 Å². The Bertz CT molecular complexity index is 5250. The van der Waals surface area contributed by atoms with Crippen LogP contribution in [0.25, 0.3) is 0 Å². The van der Waals surface area contributed by atoms with E-state index >= 15 is 0 Å². The van der Waals surface area contributed by atoms with Crippen LogP contribution in [0.15, 0.2) is 166 Å². The van der Waals surface area contributed by atoms with Crippen molar-refractivity contribution in [2.45, 2.75) is 154 Å². The molecule has 8 aromatic carbocycles. The van der Waals surface area contributed by atoms with Crippen LogP contribution in [0.4, 0.5) is 75.4 Å². The number of nitrogens with zero attached hydrogens (tertiary/aromatic N) is 4. The molecule has 0 saturated heterocycles.